The minimum absolute atomic E-state index is 0.146. The normalized spacial score (nSPS) is 16.5. The Labute approximate surface area is 195 Å². The summed E-state index contributed by atoms with van der Waals surface area (Å²) in [6.07, 6.45) is 1.44. The minimum Gasteiger partial charge on any atom is -0.507 e. The molecule has 2 aromatic carbocycles. The van der Waals surface area contributed by atoms with Crippen molar-refractivity contribution >= 4 is 28.0 Å². The van der Waals surface area contributed by atoms with Gasteiger partial charge in [0.25, 0.3) is 15.9 Å². The Morgan fingerprint density at radius 2 is 1.39 bits per heavy atom. The number of sulfonamides is 1. The van der Waals surface area contributed by atoms with Crippen molar-refractivity contribution in [2.75, 3.05) is 0 Å². The zero-order valence-corrected chi connectivity index (χ0v) is 20.8. The van der Waals surface area contributed by atoms with E-state index in [9.17, 15) is 23.1 Å². The van der Waals surface area contributed by atoms with Crippen molar-refractivity contribution in [1.82, 2.24) is 9.62 Å². The maximum Gasteiger partial charge on any atom is 0.343 e. The average molecular weight is 471 g/mol. The molecule has 1 fully saturated rings. The van der Waals surface area contributed by atoms with E-state index in [-0.39, 0.29) is 31.5 Å². The zero-order chi connectivity index (χ0) is 24.9. The smallest absolute Gasteiger partial charge is 0.343 e. The van der Waals surface area contributed by atoms with Gasteiger partial charge in [-0.3, -0.25) is 4.79 Å². The summed E-state index contributed by atoms with van der Waals surface area (Å²) in [5.41, 5.74) is 1.86. The fourth-order valence-corrected chi connectivity index (χ4v) is 4.87. The first-order chi connectivity index (χ1) is 15.0. The van der Waals surface area contributed by atoms with E-state index >= 15 is 0 Å². The number of aromatic hydroxyl groups is 1. The number of phenolic OH excluding ortho intramolecular Hbond substituents is 1. The van der Waals surface area contributed by atoms with E-state index in [1.54, 1.807) is 31.2 Å². The van der Waals surface area contributed by atoms with Gasteiger partial charge in [0, 0.05) is 11.1 Å². The molecule has 0 radical (unpaired) electrons. The van der Waals surface area contributed by atoms with Gasteiger partial charge in [-0.15, -0.1) is 4.31 Å². The second-order valence-electron chi connectivity index (χ2n) is 10.3. The van der Waals surface area contributed by atoms with E-state index in [1.807, 2.05) is 41.5 Å². The molecule has 3 rings (SSSR count). The number of carbonyl (C=O) groups excluding carboxylic acids is 2. The second kappa shape index (κ2) is 8.02. The van der Waals surface area contributed by atoms with Gasteiger partial charge in [0.15, 0.2) is 0 Å². The predicted molar refractivity (Wildman–Crippen MR) is 127 cm³/mol. The van der Waals surface area contributed by atoms with Crippen LogP contribution < -0.4 is 5.32 Å². The molecule has 2 aromatic rings. The quantitative estimate of drug-likeness (QED) is 0.505. The molecule has 0 spiro atoms. The van der Waals surface area contributed by atoms with Crippen molar-refractivity contribution in [3.8, 4) is 5.75 Å². The zero-order valence-electron chi connectivity index (χ0n) is 20.0. The Bertz CT molecular complexity index is 1230. The molecule has 0 unspecified atom stereocenters. The first-order valence-corrected chi connectivity index (χ1v) is 12.0. The van der Waals surface area contributed by atoms with Gasteiger partial charge in [-0.25, -0.2) is 13.2 Å². The summed E-state index contributed by atoms with van der Waals surface area (Å²) in [5.74, 6) is -0.772. The lowest BCUT2D eigenvalue weighted by molar-refractivity contribution is -0.119. The van der Waals surface area contributed by atoms with E-state index in [0.717, 1.165) is 5.56 Å². The van der Waals surface area contributed by atoms with Crippen molar-refractivity contribution < 1.29 is 23.1 Å². The highest BCUT2D eigenvalue weighted by Gasteiger charge is 2.43. The molecule has 7 nitrogen and oxygen atoms in total. The van der Waals surface area contributed by atoms with Gasteiger partial charge in [-0.1, -0.05) is 59.2 Å². The van der Waals surface area contributed by atoms with Crippen LogP contribution >= 0.6 is 0 Å². The topological polar surface area (TPSA) is 104 Å². The molecule has 1 aliphatic heterocycles. The van der Waals surface area contributed by atoms with Crippen LogP contribution in [0.1, 0.15) is 63.8 Å². The Kier molecular flexibility index (Phi) is 5.96. The molecule has 0 atom stereocenters. The number of rotatable bonds is 3. The van der Waals surface area contributed by atoms with Gasteiger partial charge >= 0.3 is 6.03 Å². The van der Waals surface area contributed by atoms with Crippen LogP contribution in [-0.4, -0.2) is 29.8 Å². The molecule has 1 saturated heterocycles. The molecule has 33 heavy (non-hydrogen) atoms. The SMILES string of the molecule is Cc1ccc(S(=O)(=O)N2C(=O)NC(=Cc3cc(C(C)(C)C)c(O)c(C(C)(C)C)c3)C2=O)cc1. The Balaban J connectivity index is 2.09. The number of phenols is 1. The minimum atomic E-state index is -4.36. The van der Waals surface area contributed by atoms with Crippen LogP contribution in [0.15, 0.2) is 47.0 Å². The number of benzene rings is 2. The maximum absolute atomic E-state index is 13.0. The predicted octanol–water partition coefficient (Wildman–Crippen LogP) is 4.58. The first-order valence-electron chi connectivity index (χ1n) is 10.6. The Morgan fingerprint density at radius 3 is 1.85 bits per heavy atom. The third-order valence-corrected chi connectivity index (χ3v) is 7.14. The molecule has 8 heteroatoms. The number of hydrogen-bond donors (Lipinski definition) is 2. The van der Waals surface area contributed by atoms with Crippen molar-refractivity contribution in [2.45, 2.75) is 64.2 Å². The summed E-state index contributed by atoms with van der Waals surface area (Å²) in [4.78, 5) is 25.4. The Hall–Kier alpha value is -3.13. The van der Waals surface area contributed by atoms with E-state index in [2.05, 4.69) is 5.32 Å². The number of aryl methyl sites for hydroxylation is 1. The number of carbonyl (C=O) groups is 2. The highest BCUT2D eigenvalue weighted by atomic mass is 32.2. The molecule has 2 N–H and O–H groups in total. The summed E-state index contributed by atoms with van der Waals surface area (Å²) in [7, 11) is -4.36. The number of nitrogens with one attached hydrogen (secondary N) is 1. The largest absolute Gasteiger partial charge is 0.507 e. The highest BCUT2D eigenvalue weighted by molar-refractivity contribution is 7.90. The third kappa shape index (κ3) is 4.66. The molecule has 3 amide bonds. The van der Waals surface area contributed by atoms with Crippen LogP contribution in [0.5, 0.6) is 5.75 Å². The molecule has 0 aliphatic carbocycles. The number of imide groups is 1. The van der Waals surface area contributed by atoms with Gasteiger partial charge in [-0.05, 0) is 53.7 Å². The number of urea groups is 1. The molecule has 1 aliphatic rings. The number of nitrogens with zero attached hydrogens (tertiary/aromatic N) is 1. The van der Waals surface area contributed by atoms with Crippen LogP contribution in [0.4, 0.5) is 4.79 Å². The van der Waals surface area contributed by atoms with Crippen molar-refractivity contribution in [3.05, 3.63) is 64.3 Å². The highest BCUT2D eigenvalue weighted by Crippen LogP contribution is 2.40. The fraction of sp³-hybridized carbons (Fsp3) is 0.360. The third-order valence-electron chi connectivity index (χ3n) is 5.46. The van der Waals surface area contributed by atoms with E-state index in [0.29, 0.717) is 16.7 Å². The van der Waals surface area contributed by atoms with Crippen molar-refractivity contribution in [2.24, 2.45) is 0 Å². The molecular formula is C25H30N2O5S. The second-order valence-corrected chi connectivity index (χ2v) is 12.1. The Morgan fingerprint density at radius 1 is 0.909 bits per heavy atom. The summed E-state index contributed by atoms with van der Waals surface area (Å²) in [6.45, 7) is 13.6. The lowest BCUT2D eigenvalue weighted by Crippen LogP contribution is -2.36. The van der Waals surface area contributed by atoms with E-state index < -0.39 is 22.0 Å². The molecule has 176 valence electrons. The fourth-order valence-electron chi connectivity index (χ4n) is 3.60. The molecule has 1 heterocycles. The standard InChI is InChI=1S/C25H30N2O5S/c1-15-8-10-17(11-9-15)33(31,32)27-22(29)20(26-23(27)30)14-16-12-18(24(2,3)4)21(28)19(13-16)25(5,6)7/h8-14,28H,1-7H3,(H,26,30). The van der Waals surface area contributed by atoms with Crippen molar-refractivity contribution in [1.29, 1.82) is 0 Å². The van der Waals surface area contributed by atoms with Crippen LogP contribution in [-0.2, 0) is 25.6 Å². The van der Waals surface area contributed by atoms with Crippen LogP contribution in [0.3, 0.4) is 0 Å². The summed E-state index contributed by atoms with van der Waals surface area (Å²) >= 11 is 0. The number of hydrogen-bond acceptors (Lipinski definition) is 5. The van der Waals surface area contributed by atoms with E-state index in [4.69, 9.17) is 0 Å². The molecular weight excluding hydrogens is 440 g/mol. The van der Waals surface area contributed by atoms with Gasteiger partial charge < -0.3 is 10.4 Å². The molecule has 0 aromatic heterocycles. The first kappa shape index (κ1) is 24.5. The maximum atomic E-state index is 13.0. The number of amides is 3. The van der Waals surface area contributed by atoms with Crippen LogP contribution in [0.2, 0.25) is 0 Å². The lowest BCUT2D eigenvalue weighted by atomic mass is 9.78. The van der Waals surface area contributed by atoms with Crippen molar-refractivity contribution in [3.63, 3.8) is 0 Å². The van der Waals surface area contributed by atoms with Gasteiger partial charge in [0.2, 0.25) is 0 Å². The molecule has 0 saturated carbocycles. The summed E-state index contributed by atoms with van der Waals surface area (Å²) in [6, 6.07) is 8.37. The monoisotopic (exact) mass is 470 g/mol. The molecule has 0 bridgehead atoms. The van der Waals surface area contributed by atoms with Crippen LogP contribution in [0.25, 0.3) is 6.08 Å². The van der Waals surface area contributed by atoms with Gasteiger partial charge in [0.1, 0.15) is 11.4 Å². The lowest BCUT2D eigenvalue weighted by Gasteiger charge is -2.28. The average Bonchev–Trinajstić information content (AvgIpc) is 2.95. The summed E-state index contributed by atoms with van der Waals surface area (Å²) < 4.78 is 26.2. The van der Waals surface area contributed by atoms with Gasteiger partial charge in [-0.2, -0.15) is 0 Å². The van der Waals surface area contributed by atoms with Gasteiger partial charge in [0.05, 0.1) is 4.90 Å². The summed E-state index contributed by atoms with van der Waals surface area (Å²) in [5, 5.41) is 13.3. The van der Waals surface area contributed by atoms with Crippen LogP contribution in [0, 0.1) is 6.92 Å². The van der Waals surface area contributed by atoms with E-state index in [1.165, 1.54) is 18.2 Å².